The minimum absolute atomic E-state index is 0.270. The largest absolute Gasteiger partial charge is 0.485 e. The first-order valence-electron chi connectivity index (χ1n) is 6.38. The monoisotopic (exact) mass is 250 g/mol. The highest BCUT2D eigenvalue weighted by molar-refractivity contribution is 5.51. The van der Waals surface area contributed by atoms with Crippen molar-refractivity contribution in [3.63, 3.8) is 0 Å². The molecule has 0 N–H and O–H groups in total. The van der Waals surface area contributed by atoms with E-state index in [0.717, 1.165) is 24.3 Å². The molecule has 1 saturated carbocycles. The Kier molecular flexibility index (Phi) is 3.37. The van der Waals surface area contributed by atoms with Gasteiger partial charge >= 0.3 is 0 Å². The lowest BCUT2D eigenvalue weighted by molar-refractivity contribution is 0.115. The molecule has 0 bridgehead atoms. The summed E-state index contributed by atoms with van der Waals surface area (Å²) in [5.74, 6) is 1.33. The van der Waals surface area contributed by atoms with Crippen LogP contribution in [0.4, 0.5) is 5.69 Å². The molecule has 1 aromatic rings. The highest BCUT2D eigenvalue weighted by Crippen LogP contribution is 2.35. The minimum atomic E-state index is -0.270. The lowest BCUT2D eigenvalue weighted by Gasteiger charge is -2.23. The van der Waals surface area contributed by atoms with E-state index >= 15 is 0 Å². The molecule has 0 aliphatic heterocycles. The van der Waals surface area contributed by atoms with E-state index in [0.29, 0.717) is 12.0 Å². The van der Waals surface area contributed by atoms with E-state index in [1.807, 2.05) is 45.8 Å². The van der Waals surface area contributed by atoms with Gasteiger partial charge in [0, 0.05) is 20.2 Å². The van der Waals surface area contributed by atoms with Crippen molar-refractivity contribution in [2.75, 3.05) is 19.0 Å². The molecule has 0 amide bonds. The molecule has 1 aliphatic rings. The van der Waals surface area contributed by atoms with Crippen molar-refractivity contribution >= 4 is 5.69 Å². The van der Waals surface area contributed by atoms with Crippen molar-refractivity contribution in [1.29, 1.82) is 0 Å². The van der Waals surface area contributed by atoms with Crippen LogP contribution in [0.1, 0.15) is 33.6 Å². The van der Waals surface area contributed by atoms with Crippen molar-refractivity contribution < 1.29 is 9.47 Å². The summed E-state index contributed by atoms with van der Waals surface area (Å²) in [6.45, 7) is 6.03. The van der Waals surface area contributed by atoms with Gasteiger partial charge in [0.25, 0.3) is 5.88 Å². The summed E-state index contributed by atoms with van der Waals surface area (Å²) in [5.41, 5.74) is 0.751. The molecule has 0 atom stereocenters. The first-order valence-corrected chi connectivity index (χ1v) is 6.38. The number of nitrogens with zero attached hydrogens (tertiary/aromatic N) is 2. The van der Waals surface area contributed by atoms with Gasteiger partial charge in [-0.1, -0.05) is 0 Å². The lowest BCUT2D eigenvalue weighted by Crippen LogP contribution is -2.24. The van der Waals surface area contributed by atoms with E-state index in [2.05, 4.69) is 4.98 Å². The highest BCUT2D eigenvalue weighted by atomic mass is 16.5. The van der Waals surface area contributed by atoms with Crippen LogP contribution in [-0.4, -0.2) is 30.8 Å². The van der Waals surface area contributed by atoms with Crippen molar-refractivity contribution in [1.82, 2.24) is 4.98 Å². The summed E-state index contributed by atoms with van der Waals surface area (Å²) in [4.78, 5) is 6.38. The number of pyridine rings is 1. The van der Waals surface area contributed by atoms with Gasteiger partial charge in [0.05, 0.1) is 18.0 Å². The molecule has 100 valence electrons. The van der Waals surface area contributed by atoms with Gasteiger partial charge in [-0.05, 0) is 33.6 Å². The number of hydrogen-bond donors (Lipinski definition) is 0. The maximum Gasteiger partial charge on any atom is 0.257 e. The summed E-state index contributed by atoms with van der Waals surface area (Å²) in [6.07, 6.45) is 4.40. The quantitative estimate of drug-likeness (QED) is 0.823. The van der Waals surface area contributed by atoms with E-state index in [1.54, 1.807) is 6.20 Å². The molecule has 4 nitrogen and oxygen atoms in total. The molecule has 2 rings (SSSR count). The maximum atomic E-state index is 5.88. The fourth-order valence-corrected chi connectivity index (χ4v) is 1.48. The molecule has 0 saturated heterocycles. The van der Waals surface area contributed by atoms with Crippen LogP contribution in [0.15, 0.2) is 12.3 Å². The summed E-state index contributed by atoms with van der Waals surface area (Å²) >= 11 is 0. The summed E-state index contributed by atoms with van der Waals surface area (Å²) in [5, 5.41) is 0. The Morgan fingerprint density at radius 3 is 2.44 bits per heavy atom. The number of aromatic nitrogens is 1. The van der Waals surface area contributed by atoms with Crippen LogP contribution < -0.4 is 14.4 Å². The Balaban J connectivity index is 2.25. The van der Waals surface area contributed by atoms with Gasteiger partial charge < -0.3 is 14.4 Å². The molecule has 0 spiro atoms. The zero-order valence-electron chi connectivity index (χ0n) is 11.9. The van der Waals surface area contributed by atoms with Crippen molar-refractivity contribution in [3.05, 3.63) is 12.3 Å². The first kappa shape index (κ1) is 13.0. The third-order valence-electron chi connectivity index (χ3n) is 2.54. The van der Waals surface area contributed by atoms with Gasteiger partial charge in [-0.15, -0.1) is 0 Å². The van der Waals surface area contributed by atoms with Crippen molar-refractivity contribution in [3.8, 4) is 11.6 Å². The van der Waals surface area contributed by atoms with E-state index < -0.39 is 0 Å². The molecule has 0 unspecified atom stereocenters. The van der Waals surface area contributed by atoms with E-state index in [1.165, 1.54) is 0 Å². The Hall–Kier alpha value is -1.45. The van der Waals surface area contributed by atoms with E-state index in [9.17, 15) is 0 Å². The van der Waals surface area contributed by atoms with Gasteiger partial charge in [0.2, 0.25) is 0 Å². The fourth-order valence-electron chi connectivity index (χ4n) is 1.48. The van der Waals surface area contributed by atoms with E-state index in [-0.39, 0.29) is 5.60 Å². The van der Waals surface area contributed by atoms with Gasteiger partial charge in [-0.25, -0.2) is 4.98 Å². The average molecular weight is 250 g/mol. The smallest absolute Gasteiger partial charge is 0.257 e. The first-order chi connectivity index (χ1) is 8.35. The normalized spacial score (nSPS) is 15.4. The van der Waals surface area contributed by atoms with Crippen LogP contribution in [0, 0.1) is 0 Å². The zero-order valence-corrected chi connectivity index (χ0v) is 11.9. The second-order valence-electron chi connectivity index (χ2n) is 5.92. The van der Waals surface area contributed by atoms with Crippen LogP contribution in [0.2, 0.25) is 0 Å². The molecule has 1 aliphatic carbocycles. The van der Waals surface area contributed by atoms with Gasteiger partial charge in [-0.2, -0.15) is 0 Å². The van der Waals surface area contributed by atoms with Gasteiger partial charge in [-0.3, -0.25) is 0 Å². The molecule has 0 radical (unpaired) electrons. The van der Waals surface area contributed by atoms with Crippen LogP contribution in [0.25, 0.3) is 0 Å². The Morgan fingerprint density at radius 1 is 1.28 bits per heavy atom. The summed E-state index contributed by atoms with van der Waals surface area (Å²) < 4.78 is 11.7. The highest BCUT2D eigenvalue weighted by Gasteiger charge is 2.27. The topological polar surface area (TPSA) is 34.6 Å². The standard InChI is InChI=1S/C14H22N2O2/c1-14(2,3)18-13-12(17-11-6-7-11)8-10(9-15-13)16(4)5/h8-9,11H,6-7H2,1-5H3. The fraction of sp³-hybridized carbons (Fsp3) is 0.643. The molecule has 1 heterocycles. The minimum Gasteiger partial charge on any atom is -0.485 e. The second-order valence-corrected chi connectivity index (χ2v) is 5.92. The third-order valence-corrected chi connectivity index (χ3v) is 2.54. The zero-order chi connectivity index (χ0) is 13.3. The SMILES string of the molecule is CN(C)c1cnc(OC(C)(C)C)c(OC2CC2)c1. The predicted molar refractivity (Wildman–Crippen MR) is 72.6 cm³/mol. The number of ether oxygens (including phenoxy) is 2. The van der Waals surface area contributed by atoms with Gasteiger partial charge in [0.15, 0.2) is 5.75 Å². The van der Waals surface area contributed by atoms with Crippen LogP contribution in [-0.2, 0) is 0 Å². The Morgan fingerprint density at radius 2 is 1.94 bits per heavy atom. The molecule has 18 heavy (non-hydrogen) atoms. The Labute approximate surface area is 109 Å². The number of hydrogen-bond acceptors (Lipinski definition) is 4. The number of anilines is 1. The molecular weight excluding hydrogens is 228 g/mol. The van der Waals surface area contributed by atoms with Crippen molar-refractivity contribution in [2.45, 2.75) is 45.3 Å². The molecule has 0 aromatic carbocycles. The number of rotatable bonds is 4. The summed E-state index contributed by atoms with van der Waals surface area (Å²) in [6, 6.07) is 1.99. The second kappa shape index (κ2) is 4.67. The van der Waals surface area contributed by atoms with Crippen LogP contribution >= 0.6 is 0 Å². The summed E-state index contributed by atoms with van der Waals surface area (Å²) in [7, 11) is 3.98. The predicted octanol–water partition coefficient (Wildman–Crippen LogP) is 2.87. The lowest BCUT2D eigenvalue weighted by atomic mass is 10.2. The molecule has 1 aromatic heterocycles. The molecule has 1 fully saturated rings. The van der Waals surface area contributed by atoms with Crippen LogP contribution in [0.5, 0.6) is 11.6 Å². The van der Waals surface area contributed by atoms with E-state index in [4.69, 9.17) is 9.47 Å². The third kappa shape index (κ3) is 3.52. The maximum absolute atomic E-state index is 5.88. The molecular formula is C14H22N2O2. The average Bonchev–Trinajstić information content (AvgIpc) is 3.02. The Bertz CT molecular complexity index is 420. The molecule has 4 heteroatoms. The van der Waals surface area contributed by atoms with Gasteiger partial charge in [0.1, 0.15) is 5.60 Å². The van der Waals surface area contributed by atoms with Crippen molar-refractivity contribution in [2.24, 2.45) is 0 Å². The van der Waals surface area contributed by atoms with Crippen LogP contribution in [0.3, 0.4) is 0 Å².